The monoisotopic (exact) mass is 289 g/mol. The Morgan fingerprint density at radius 2 is 2.33 bits per heavy atom. The molecule has 0 saturated carbocycles. The van der Waals surface area contributed by atoms with Crippen LogP contribution in [0.25, 0.3) is 0 Å². The summed E-state index contributed by atoms with van der Waals surface area (Å²) in [4.78, 5) is 0. The molecule has 0 bridgehead atoms. The summed E-state index contributed by atoms with van der Waals surface area (Å²) in [7, 11) is 0. The lowest BCUT2D eigenvalue weighted by molar-refractivity contribution is -0.162. The summed E-state index contributed by atoms with van der Waals surface area (Å²) in [6, 6.07) is 0. The van der Waals surface area contributed by atoms with Crippen LogP contribution in [-0.4, -0.2) is 35.5 Å². The highest BCUT2D eigenvalue weighted by Crippen LogP contribution is 2.24. The van der Waals surface area contributed by atoms with E-state index in [-0.39, 0.29) is 6.29 Å². The van der Waals surface area contributed by atoms with Crippen molar-refractivity contribution in [1.82, 2.24) is 10.2 Å². The average molecular weight is 289 g/mol. The number of anilines is 1. The largest absolute Gasteiger partial charge is 0.374 e. The number of nitrogens with two attached hydrogens (primary N) is 1. The second-order valence-electron chi connectivity index (χ2n) is 4.13. The van der Waals surface area contributed by atoms with E-state index in [0.29, 0.717) is 5.13 Å². The lowest BCUT2D eigenvalue weighted by Crippen LogP contribution is -2.22. The first-order valence-electron chi connectivity index (χ1n) is 6.29. The van der Waals surface area contributed by atoms with Crippen molar-refractivity contribution in [3.8, 4) is 0 Å². The van der Waals surface area contributed by atoms with Crippen molar-refractivity contribution in [2.75, 3.05) is 24.7 Å². The average Bonchev–Trinajstić information content (AvgIpc) is 2.81. The van der Waals surface area contributed by atoms with Gasteiger partial charge in [0, 0.05) is 19.0 Å². The molecule has 18 heavy (non-hydrogen) atoms. The Morgan fingerprint density at radius 3 is 3.06 bits per heavy atom. The Labute approximate surface area is 115 Å². The number of thioether (sulfide) groups is 1. The van der Waals surface area contributed by atoms with Gasteiger partial charge in [-0.1, -0.05) is 23.1 Å². The van der Waals surface area contributed by atoms with Crippen molar-refractivity contribution in [1.29, 1.82) is 0 Å². The van der Waals surface area contributed by atoms with Crippen molar-refractivity contribution in [2.45, 2.75) is 42.7 Å². The molecule has 1 atom stereocenters. The summed E-state index contributed by atoms with van der Waals surface area (Å²) in [6.07, 6.45) is 5.63. The molecule has 1 aliphatic heterocycles. The number of hydrogen-bond acceptors (Lipinski definition) is 7. The van der Waals surface area contributed by atoms with Crippen molar-refractivity contribution in [2.24, 2.45) is 0 Å². The van der Waals surface area contributed by atoms with Gasteiger partial charge in [0.2, 0.25) is 5.13 Å². The molecule has 2 heterocycles. The molecule has 0 unspecified atom stereocenters. The SMILES string of the molecule is Nc1nnc(SCCCCO[C@@H]2CCCCO2)s1. The lowest BCUT2D eigenvalue weighted by Gasteiger charge is -2.22. The molecule has 1 saturated heterocycles. The fourth-order valence-corrected chi connectivity index (χ4v) is 3.41. The van der Waals surface area contributed by atoms with Gasteiger partial charge >= 0.3 is 0 Å². The van der Waals surface area contributed by atoms with Gasteiger partial charge in [0.25, 0.3) is 0 Å². The quantitative estimate of drug-likeness (QED) is 0.614. The van der Waals surface area contributed by atoms with Gasteiger partial charge < -0.3 is 15.2 Å². The van der Waals surface area contributed by atoms with Gasteiger partial charge in [-0.15, -0.1) is 10.2 Å². The maximum Gasteiger partial charge on any atom is 0.203 e. The molecule has 1 aromatic rings. The number of nitrogens with zero attached hydrogens (tertiary/aromatic N) is 2. The maximum absolute atomic E-state index is 5.66. The summed E-state index contributed by atoms with van der Waals surface area (Å²) in [6.45, 7) is 1.63. The summed E-state index contributed by atoms with van der Waals surface area (Å²) in [5.74, 6) is 1.03. The van der Waals surface area contributed by atoms with Crippen LogP contribution in [0.3, 0.4) is 0 Å². The minimum atomic E-state index is 0.0364. The van der Waals surface area contributed by atoms with Crippen LogP contribution >= 0.6 is 23.1 Å². The van der Waals surface area contributed by atoms with E-state index in [2.05, 4.69) is 10.2 Å². The first kappa shape index (κ1) is 14.0. The fourth-order valence-electron chi connectivity index (χ4n) is 1.70. The highest BCUT2D eigenvalue weighted by Gasteiger charge is 2.13. The van der Waals surface area contributed by atoms with Crippen LogP contribution in [0, 0.1) is 0 Å². The predicted molar refractivity (Wildman–Crippen MR) is 73.8 cm³/mol. The summed E-state index contributed by atoms with van der Waals surface area (Å²) in [5, 5.41) is 8.28. The molecule has 2 rings (SSSR count). The molecule has 1 aromatic heterocycles. The molecule has 1 aliphatic rings. The van der Waals surface area contributed by atoms with E-state index in [1.807, 2.05) is 0 Å². The van der Waals surface area contributed by atoms with E-state index >= 15 is 0 Å². The van der Waals surface area contributed by atoms with E-state index in [9.17, 15) is 0 Å². The van der Waals surface area contributed by atoms with E-state index in [4.69, 9.17) is 15.2 Å². The number of nitrogen functional groups attached to an aromatic ring is 1. The zero-order valence-electron chi connectivity index (χ0n) is 10.3. The van der Waals surface area contributed by atoms with Crippen LogP contribution < -0.4 is 5.73 Å². The van der Waals surface area contributed by atoms with Crippen LogP contribution in [0.1, 0.15) is 32.1 Å². The molecule has 102 valence electrons. The Balaban J connectivity index is 1.46. The van der Waals surface area contributed by atoms with Gasteiger partial charge in [0.05, 0.1) is 0 Å². The summed E-state index contributed by atoms with van der Waals surface area (Å²) >= 11 is 3.15. The van der Waals surface area contributed by atoms with Crippen LogP contribution in [-0.2, 0) is 9.47 Å². The molecule has 0 aromatic carbocycles. The second-order valence-corrected chi connectivity index (χ2v) is 6.48. The molecule has 0 spiro atoms. The van der Waals surface area contributed by atoms with Gasteiger partial charge in [-0.3, -0.25) is 0 Å². The van der Waals surface area contributed by atoms with Crippen LogP contribution in [0.15, 0.2) is 4.34 Å². The number of rotatable bonds is 7. The Morgan fingerprint density at radius 1 is 1.39 bits per heavy atom. The lowest BCUT2D eigenvalue weighted by atomic mass is 10.2. The zero-order valence-corrected chi connectivity index (χ0v) is 12.0. The second kappa shape index (κ2) is 7.93. The zero-order chi connectivity index (χ0) is 12.6. The maximum atomic E-state index is 5.66. The first-order valence-corrected chi connectivity index (χ1v) is 8.10. The molecule has 7 heteroatoms. The molecule has 5 nitrogen and oxygen atoms in total. The first-order chi connectivity index (χ1) is 8.84. The third-order valence-corrected chi connectivity index (χ3v) is 4.60. The normalized spacial score (nSPS) is 20.1. The Kier molecular flexibility index (Phi) is 6.19. The number of aromatic nitrogens is 2. The fraction of sp³-hybridized carbons (Fsp3) is 0.818. The van der Waals surface area contributed by atoms with Crippen molar-refractivity contribution >= 4 is 28.2 Å². The Hall–Kier alpha value is -0.370. The van der Waals surface area contributed by atoms with E-state index < -0.39 is 0 Å². The molecular weight excluding hydrogens is 270 g/mol. The van der Waals surface area contributed by atoms with Gasteiger partial charge in [-0.25, -0.2) is 0 Å². The van der Waals surface area contributed by atoms with E-state index in [1.54, 1.807) is 11.8 Å². The number of ether oxygens (including phenoxy) is 2. The van der Waals surface area contributed by atoms with Crippen molar-refractivity contribution in [3.05, 3.63) is 0 Å². The van der Waals surface area contributed by atoms with Gasteiger partial charge in [-0.2, -0.15) is 0 Å². The minimum absolute atomic E-state index is 0.0364. The smallest absolute Gasteiger partial charge is 0.203 e. The van der Waals surface area contributed by atoms with Gasteiger partial charge in [0.15, 0.2) is 10.6 Å². The molecule has 0 amide bonds. The molecule has 1 fully saturated rings. The van der Waals surface area contributed by atoms with Gasteiger partial charge in [0.1, 0.15) is 0 Å². The summed E-state index contributed by atoms with van der Waals surface area (Å²) < 4.78 is 12.1. The third-order valence-electron chi connectivity index (χ3n) is 2.63. The van der Waals surface area contributed by atoms with E-state index in [0.717, 1.165) is 42.6 Å². The van der Waals surface area contributed by atoms with Crippen molar-refractivity contribution < 1.29 is 9.47 Å². The topological polar surface area (TPSA) is 70.3 Å². The number of hydrogen-bond donors (Lipinski definition) is 1. The highest BCUT2D eigenvalue weighted by molar-refractivity contribution is 8.01. The molecular formula is C11H19N3O2S2. The van der Waals surface area contributed by atoms with Crippen LogP contribution in [0.5, 0.6) is 0 Å². The molecule has 2 N–H and O–H groups in total. The summed E-state index contributed by atoms with van der Waals surface area (Å²) in [5.41, 5.74) is 5.51. The highest BCUT2D eigenvalue weighted by atomic mass is 32.2. The molecule has 0 radical (unpaired) electrons. The Bertz CT molecular complexity index is 343. The predicted octanol–water partition coefficient (Wildman–Crippen LogP) is 2.54. The number of unbranched alkanes of at least 4 members (excludes halogenated alkanes) is 1. The minimum Gasteiger partial charge on any atom is -0.374 e. The van der Waals surface area contributed by atoms with E-state index in [1.165, 1.54) is 24.2 Å². The van der Waals surface area contributed by atoms with Crippen molar-refractivity contribution in [3.63, 3.8) is 0 Å². The van der Waals surface area contributed by atoms with Crippen LogP contribution in [0.4, 0.5) is 5.13 Å². The van der Waals surface area contributed by atoms with Crippen LogP contribution in [0.2, 0.25) is 0 Å². The third kappa shape index (κ3) is 5.09. The molecule has 0 aliphatic carbocycles. The standard InChI is InChI=1S/C11H19N3O2S2/c12-10-13-14-11(18-10)17-8-4-3-7-16-9-5-1-2-6-15-9/h9H,1-8H2,(H2,12,13)/t9-/m1/s1. The van der Waals surface area contributed by atoms with Gasteiger partial charge in [-0.05, 0) is 32.1 Å².